The van der Waals surface area contributed by atoms with Gasteiger partial charge in [0.05, 0.1) is 23.7 Å². The average molecular weight is 351 g/mol. The lowest BCUT2D eigenvalue weighted by molar-refractivity contribution is -0.140. The molecule has 2 aromatic rings. The van der Waals surface area contributed by atoms with Gasteiger partial charge in [-0.1, -0.05) is 6.07 Å². The number of carbonyl (C=O) groups excluding carboxylic acids is 2. The van der Waals surface area contributed by atoms with E-state index in [4.69, 9.17) is 5.73 Å². The van der Waals surface area contributed by atoms with Crippen LogP contribution >= 0.6 is 0 Å². The van der Waals surface area contributed by atoms with Crippen LogP contribution in [0.3, 0.4) is 0 Å². The molecule has 2 N–H and O–H groups in total. The van der Waals surface area contributed by atoms with Crippen molar-refractivity contribution in [2.24, 2.45) is 11.7 Å². The van der Waals surface area contributed by atoms with E-state index in [0.29, 0.717) is 31.0 Å². The van der Waals surface area contributed by atoms with Crippen LogP contribution in [0.4, 0.5) is 5.82 Å². The smallest absolute Gasteiger partial charge is 0.252 e. The van der Waals surface area contributed by atoms with Gasteiger partial charge in [-0.15, -0.1) is 0 Å². The van der Waals surface area contributed by atoms with Crippen LogP contribution in [-0.2, 0) is 11.3 Å². The molecule has 7 nitrogen and oxygen atoms in total. The van der Waals surface area contributed by atoms with E-state index >= 15 is 0 Å². The third kappa shape index (κ3) is 3.00. The number of hydrogen-bond acceptors (Lipinski definition) is 5. The molecule has 3 aliphatic heterocycles. The quantitative estimate of drug-likeness (QED) is 0.894. The van der Waals surface area contributed by atoms with Crippen LogP contribution in [0.5, 0.6) is 0 Å². The lowest BCUT2D eigenvalue weighted by Gasteiger charge is -2.35. The number of amides is 2. The van der Waals surface area contributed by atoms with E-state index in [1.807, 2.05) is 28.0 Å². The summed E-state index contributed by atoms with van der Waals surface area (Å²) in [5.41, 5.74) is 6.80. The van der Waals surface area contributed by atoms with Gasteiger partial charge >= 0.3 is 0 Å². The minimum absolute atomic E-state index is 0.0750. The first kappa shape index (κ1) is 16.5. The number of piperidine rings is 1. The van der Waals surface area contributed by atoms with Crippen molar-refractivity contribution in [2.75, 3.05) is 18.0 Å². The topological polar surface area (TPSA) is 92.4 Å². The van der Waals surface area contributed by atoms with Crippen LogP contribution < -0.4 is 10.6 Å². The van der Waals surface area contributed by atoms with Crippen LogP contribution in [0.15, 0.2) is 42.7 Å². The summed E-state index contributed by atoms with van der Waals surface area (Å²) in [5, 5.41) is 0. The molecule has 2 atom stereocenters. The van der Waals surface area contributed by atoms with E-state index in [-0.39, 0.29) is 17.9 Å². The van der Waals surface area contributed by atoms with E-state index < -0.39 is 5.91 Å². The molecule has 2 amide bonds. The van der Waals surface area contributed by atoms with Crippen LogP contribution in [0, 0.1) is 5.92 Å². The van der Waals surface area contributed by atoms with Crippen LogP contribution in [0.25, 0.3) is 0 Å². The van der Waals surface area contributed by atoms with Crippen LogP contribution in [0.1, 0.15) is 28.9 Å². The Hall–Kier alpha value is -2.96. The Kier molecular flexibility index (Phi) is 4.28. The second kappa shape index (κ2) is 6.74. The van der Waals surface area contributed by atoms with Crippen molar-refractivity contribution >= 4 is 17.6 Å². The Morgan fingerprint density at radius 1 is 1.12 bits per heavy atom. The molecule has 0 radical (unpaired) electrons. The maximum Gasteiger partial charge on any atom is 0.252 e. The molecule has 0 spiro atoms. The first-order chi connectivity index (χ1) is 12.6. The predicted molar refractivity (Wildman–Crippen MR) is 96.3 cm³/mol. The fourth-order valence-electron chi connectivity index (χ4n) is 3.93. The molecule has 3 fully saturated rings. The summed E-state index contributed by atoms with van der Waals surface area (Å²) >= 11 is 0. The molecule has 134 valence electrons. The zero-order valence-corrected chi connectivity index (χ0v) is 14.4. The Balaban J connectivity index is 1.62. The van der Waals surface area contributed by atoms with Crippen molar-refractivity contribution in [2.45, 2.75) is 25.4 Å². The highest BCUT2D eigenvalue weighted by Crippen LogP contribution is 2.32. The molecule has 2 bridgehead atoms. The molecule has 3 aliphatic rings. The maximum absolute atomic E-state index is 13.0. The van der Waals surface area contributed by atoms with E-state index in [0.717, 1.165) is 18.5 Å². The summed E-state index contributed by atoms with van der Waals surface area (Å²) in [6.07, 6.45) is 5.20. The highest BCUT2D eigenvalue weighted by Gasteiger charge is 2.41. The van der Waals surface area contributed by atoms with Gasteiger partial charge in [-0.25, -0.2) is 4.98 Å². The summed E-state index contributed by atoms with van der Waals surface area (Å²) in [7, 11) is 0. The Morgan fingerprint density at radius 3 is 2.73 bits per heavy atom. The second-order valence-corrected chi connectivity index (χ2v) is 6.86. The monoisotopic (exact) mass is 351 g/mol. The number of aromatic nitrogens is 2. The van der Waals surface area contributed by atoms with Gasteiger partial charge in [0.1, 0.15) is 5.82 Å². The molecule has 0 aromatic carbocycles. The second-order valence-electron chi connectivity index (χ2n) is 6.86. The number of hydrogen-bond donors (Lipinski definition) is 1. The van der Waals surface area contributed by atoms with Crippen molar-refractivity contribution in [3.63, 3.8) is 0 Å². The van der Waals surface area contributed by atoms with E-state index in [9.17, 15) is 9.59 Å². The molecule has 2 aromatic heterocycles. The maximum atomic E-state index is 13.0. The fourth-order valence-corrected chi connectivity index (χ4v) is 3.93. The predicted octanol–water partition coefficient (Wildman–Crippen LogP) is 1.20. The lowest BCUT2D eigenvalue weighted by Crippen LogP contribution is -2.47. The average Bonchev–Trinajstić information content (AvgIpc) is 2.95. The number of rotatable bonds is 4. The summed E-state index contributed by atoms with van der Waals surface area (Å²) in [6, 6.07) is 9.20. The van der Waals surface area contributed by atoms with Crippen molar-refractivity contribution in [3.05, 3.63) is 54.0 Å². The van der Waals surface area contributed by atoms with E-state index in [1.165, 1.54) is 0 Å². The first-order valence-electron chi connectivity index (χ1n) is 8.83. The van der Waals surface area contributed by atoms with Gasteiger partial charge in [0.25, 0.3) is 5.91 Å². The van der Waals surface area contributed by atoms with Crippen LogP contribution in [0.2, 0.25) is 0 Å². The summed E-state index contributed by atoms with van der Waals surface area (Å²) in [4.78, 5) is 37.4. The zero-order chi connectivity index (χ0) is 18.1. The summed E-state index contributed by atoms with van der Waals surface area (Å²) in [6.45, 7) is 1.72. The number of nitrogens with zero attached hydrogens (tertiary/aromatic N) is 4. The molecule has 0 saturated carbocycles. The summed E-state index contributed by atoms with van der Waals surface area (Å²) in [5.74, 6) is 0.136. The van der Waals surface area contributed by atoms with Gasteiger partial charge < -0.3 is 15.5 Å². The fraction of sp³-hybridized carbons (Fsp3) is 0.368. The van der Waals surface area contributed by atoms with Crippen LogP contribution in [-0.4, -0.2) is 45.8 Å². The number of fused-ring (bicyclic) bond motifs is 4. The van der Waals surface area contributed by atoms with Crippen molar-refractivity contribution < 1.29 is 9.59 Å². The molecular weight excluding hydrogens is 330 g/mol. The molecule has 26 heavy (non-hydrogen) atoms. The minimum atomic E-state index is -0.499. The minimum Gasteiger partial charge on any atom is -0.365 e. The van der Waals surface area contributed by atoms with Crippen molar-refractivity contribution in [3.8, 4) is 0 Å². The Labute approximate surface area is 151 Å². The Bertz CT molecular complexity index is 826. The lowest BCUT2D eigenvalue weighted by atomic mass is 9.94. The number of carbonyl (C=O) groups is 2. The normalized spacial score (nSPS) is 22.4. The van der Waals surface area contributed by atoms with Gasteiger partial charge in [-0.05, 0) is 37.1 Å². The van der Waals surface area contributed by atoms with Gasteiger partial charge in [-0.3, -0.25) is 14.6 Å². The molecular formula is C19H21N5O2. The van der Waals surface area contributed by atoms with E-state index in [1.54, 1.807) is 24.5 Å². The molecule has 7 heteroatoms. The number of anilines is 1. The van der Waals surface area contributed by atoms with Gasteiger partial charge in [-0.2, -0.15) is 0 Å². The number of nitrogens with two attached hydrogens (primary N) is 1. The third-order valence-electron chi connectivity index (χ3n) is 5.20. The Morgan fingerprint density at radius 2 is 1.96 bits per heavy atom. The molecule has 3 saturated heterocycles. The third-order valence-corrected chi connectivity index (χ3v) is 5.20. The summed E-state index contributed by atoms with van der Waals surface area (Å²) < 4.78 is 0. The molecule has 0 aliphatic carbocycles. The van der Waals surface area contributed by atoms with Gasteiger partial charge in [0.15, 0.2) is 0 Å². The standard InChI is InChI=1S/C19H21N5O2/c20-17(25)16-5-3-9-22-18(16)23-10-13-6-7-15(12-23)24(19(13)26)11-14-4-1-2-8-21-14/h1-5,8-9,13,15H,6-7,10-12H2,(H2,20,25)/t13-,15+/m0/s1. The molecule has 5 heterocycles. The molecule has 5 rings (SSSR count). The highest BCUT2D eigenvalue weighted by molar-refractivity contribution is 5.97. The largest absolute Gasteiger partial charge is 0.365 e. The van der Waals surface area contributed by atoms with Gasteiger partial charge in [0.2, 0.25) is 5.91 Å². The number of primary amides is 1. The highest BCUT2D eigenvalue weighted by atomic mass is 16.2. The number of pyridine rings is 2. The molecule has 0 unspecified atom stereocenters. The zero-order valence-electron chi connectivity index (χ0n) is 14.4. The van der Waals surface area contributed by atoms with Gasteiger partial charge in [0, 0.05) is 31.5 Å². The first-order valence-corrected chi connectivity index (χ1v) is 8.83. The van der Waals surface area contributed by atoms with Crippen molar-refractivity contribution in [1.82, 2.24) is 14.9 Å². The van der Waals surface area contributed by atoms with E-state index in [2.05, 4.69) is 9.97 Å². The SMILES string of the molecule is NC(=O)c1cccnc1N1C[C@@H]2CC[C@H](C1)N(Cc1ccccn1)C2=O. The van der Waals surface area contributed by atoms with Crippen molar-refractivity contribution in [1.29, 1.82) is 0 Å².